The maximum Gasteiger partial charge on any atom is 0.127 e. The Morgan fingerprint density at radius 3 is 3.00 bits per heavy atom. The zero-order chi connectivity index (χ0) is 13.2. The molecular weight excluding hydrogens is 294 g/mol. The number of imidazole rings is 1. The molecule has 1 fully saturated rings. The maximum atomic E-state index is 4.57. The minimum Gasteiger partial charge on any atom is -0.337 e. The van der Waals surface area contributed by atoms with Crippen LogP contribution in [-0.4, -0.2) is 39.1 Å². The highest BCUT2D eigenvalue weighted by molar-refractivity contribution is 7.09. The van der Waals surface area contributed by atoms with Crippen LogP contribution in [0.2, 0.25) is 0 Å². The molecule has 3 heterocycles. The van der Waals surface area contributed by atoms with Crippen LogP contribution in [0.3, 0.4) is 0 Å². The highest BCUT2D eigenvalue weighted by atomic mass is 35.5. The number of aromatic nitrogens is 3. The number of hydrogen-bond acceptors (Lipinski definition) is 5. The second-order valence-corrected chi connectivity index (χ2v) is 5.91. The van der Waals surface area contributed by atoms with Gasteiger partial charge in [-0.3, -0.25) is 4.90 Å². The van der Waals surface area contributed by atoms with Crippen molar-refractivity contribution < 1.29 is 0 Å². The van der Waals surface area contributed by atoms with Gasteiger partial charge in [-0.1, -0.05) is 0 Å². The molecule has 7 heteroatoms. The van der Waals surface area contributed by atoms with Gasteiger partial charge < -0.3 is 9.88 Å². The van der Waals surface area contributed by atoms with Gasteiger partial charge in [0.15, 0.2) is 0 Å². The number of hydrogen-bond donors (Lipinski definition) is 1. The van der Waals surface area contributed by atoms with E-state index in [4.69, 9.17) is 0 Å². The fourth-order valence-electron chi connectivity index (χ4n) is 2.54. The third kappa shape index (κ3) is 3.20. The molecule has 1 aliphatic rings. The smallest absolute Gasteiger partial charge is 0.127 e. The quantitative estimate of drug-likeness (QED) is 0.938. The van der Waals surface area contributed by atoms with Gasteiger partial charge >= 0.3 is 0 Å². The highest BCUT2D eigenvalue weighted by Crippen LogP contribution is 2.23. The predicted octanol–water partition coefficient (Wildman–Crippen LogP) is 1.75. The van der Waals surface area contributed by atoms with Gasteiger partial charge in [0.25, 0.3) is 0 Å². The van der Waals surface area contributed by atoms with Crippen LogP contribution in [0, 0.1) is 6.92 Å². The Balaban J connectivity index is 0.00000147. The van der Waals surface area contributed by atoms with E-state index in [-0.39, 0.29) is 12.4 Å². The first kappa shape index (κ1) is 15.4. The van der Waals surface area contributed by atoms with Crippen molar-refractivity contribution in [2.75, 3.05) is 19.6 Å². The molecule has 0 bridgehead atoms. The third-order valence-corrected chi connectivity index (χ3v) is 4.47. The summed E-state index contributed by atoms with van der Waals surface area (Å²) in [6.07, 6.45) is 3.88. The Morgan fingerprint density at radius 2 is 2.35 bits per heavy atom. The highest BCUT2D eigenvalue weighted by Gasteiger charge is 2.27. The molecule has 0 spiro atoms. The van der Waals surface area contributed by atoms with Crippen LogP contribution >= 0.6 is 23.7 Å². The molecule has 20 heavy (non-hydrogen) atoms. The molecule has 2 aromatic rings. The van der Waals surface area contributed by atoms with E-state index < -0.39 is 0 Å². The number of rotatable bonds is 3. The first-order valence-electron chi connectivity index (χ1n) is 6.57. The summed E-state index contributed by atoms with van der Waals surface area (Å²) >= 11 is 1.75. The number of nitrogens with zero attached hydrogens (tertiary/aromatic N) is 4. The van der Waals surface area contributed by atoms with E-state index in [1.165, 1.54) is 5.01 Å². The summed E-state index contributed by atoms with van der Waals surface area (Å²) in [4.78, 5) is 11.5. The molecule has 1 aliphatic heterocycles. The summed E-state index contributed by atoms with van der Waals surface area (Å²) < 4.78 is 2.11. The van der Waals surface area contributed by atoms with Crippen molar-refractivity contribution in [3.8, 4) is 0 Å². The Bertz CT molecular complexity index is 552. The third-order valence-electron chi connectivity index (χ3n) is 3.52. The lowest BCUT2D eigenvalue weighted by Crippen LogP contribution is -2.46. The lowest BCUT2D eigenvalue weighted by Gasteiger charge is -2.35. The minimum absolute atomic E-state index is 0. The molecule has 1 unspecified atom stereocenters. The van der Waals surface area contributed by atoms with Crippen LogP contribution in [0.1, 0.15) is 22.6 Å². The summed E-state index contributed by atoms with van der Waals surface area (Å²) in [5.74, 6) is 1.13. The molecule has 0 aromatic carbocycles. The molecule has 0 amide bonds. The van der Waals surface area contributed by atoms with Crippen LogP contribution in [0.5, 0.6) is 0 Å². The first-order valence-corrected chi connectivity index (χ1v) is 7.45. The van der Waals surface area contributed by atoms with Gasteiger partial charge in [-0.15, -0.1) is 23.7 Å². The fourth-order valence-corrected chi connectivity index (χ4v) is 3.33. The van der Waals surface area contributed by atoms with E-state index in [9.17, 15) is 0 Å². The van der Waals surface area contributed by atoms with Crippen molar-refractivity contribution in [2.24, 2.45) is 7.05 Å². The Kier molecular flexibility index (Phi) is 5.15. The van der Waals surface area contributed by atoms with E-state index in [0.717, 1.165) is 37.7 Å². The van der Waals surface area contributed by atoms with Gasteiger partial charge in [-0.2, -0.15) is 0 Å². The molecule has 0 radical (unpaired) electrons. The van der Waals surface area contributed by atoms with Gasteiger partial charge in [0, 0.05) is 50.1 Å². The monoisotopic (exact) mass is 313 g/mol. The lowest BCUT2D eigenvalue weighted by molar-refractivity contribution is 0.144. The second kappa shape index (κ2) is 6.67. The fraction of sp³-hybridized carbons (Fsp3) is 0.538. The SMILES string of the molecule is Cc1csc(CN2CCNCC2c2nccn2C)n1.Cl. The number of halogens is 1. The summed E-state index contributed by atoms with van der Waals surface area (Å²) in [5, 5.41) is 6.77. The average molecular weight is 314 g/mol. The largest absolute Gasteiger partial charge is 0.337 e. The lowest BCUT2D eigenvalue weighted by atomic mass is 10.2. The number of aryl methyl sites for hydroxylation is 2. The van der Waals surface area contributed by atoms with E-state index in [1.807, 2.05) is 19.3 Å². The van der Waals surface area contributed by atoms with Crippen molar-refractivity contribution in [1.29, 1.82) is 0 Å². The van der Waals surface area contributed by atoms with Crippen molar-refractivity contribution in [3.63, 3.8) is 0 Å². The molecule has 1 atom stereocenters. The summed E-state index contributed by atoms with van der Waals surface area (Å²) in [6.45, 7) is 5.99. The van der Waals surface area contributed by atoms with Crippen molar-refractivity contribution in [1.82, 2.24) is 24.8 Å². The number of nitrogens with one attached hydrogen (secondary N) is 1. The van der Waals surface area contributed by atoms with Gasteiger partial charge in [-0.05, 0) is 6.92 Å². The van der Waals surface area contributed by atoms with E-state index >= 15 is 0 Å². The summed E-state index contributed by atoms with van der Waals surface area (Å²) in [7, 11) is 2.06. The van der Waals surface area contributed by atoms with Crippen molar-refractivity contribution in [2.45, 2.75) is 19.5 Å². The second-order valence-electron chi connectivity index (χ2n) is 4.97. The topological polar surface area (TPSA) is 46.0 Å². The molecule has 3 rings (SSSR count). The van der Waals surface area contributed by atoms with Crippen LogP contribution in [0.15, 0.2) is 17.8 Å². The molecule has 1 saturated heterocycles. The average Bonchev–Trinajstić information content (AvgIpc) is 2.99. The van der Waals surface area contributed by atoms with Crippen LogP contribution in [0.4, 0.5) is 0 Å². The Morgan fingerprint density at radius 1 is 1.50 bits per heavy atom. The molecule has 0 saturated carbocycles. The van der Waals surface area contributed by atoms with E-state index in [0.29, 0.717) is 6.04 Å². The molecule has 1 N–H and O–H groups in total. The minimum atomic E-state index is 0. The molecule has 5 nitrogen and oxygen atoms in total. The van der Waals surface area contributed by atoms with Gasteiger partial charge in [-0.25, -0.2) is 9.97 Å². The molecular formula is C13H20ClN5S. The predicted molar refractivity (Wildman–Crippen MR) is 83.3 cm³/mol. The van der Waals surface area contributed by atoms with E-state index in [1.54, 1.807) is 11.3 Å². The first-order chi connectivity index (χ1) is 9.24. The Labute approximate surface area is 129 Å². The van der Waals surface area contributed by atoms with Crippen LogP contribution in [0.25, 0.3) is 0 Å². The van der Waals surface area contributed by atoms with Crippen LogP contribution in [-0.2, 0) is 13.6 Å². The molecule has 2 aromatic heterocycles. The molecule has 0 aliphatic carbocycles. The van der Waals surface area contributed by atoms with Gasteiger partial charge in [0.1, 0.15) is 10.8 Å². The standard InChI is InChI=1S/C13H19N5S.ClH/c1-10-9-19-12(16-10)8-18-6-3-14-7-11(18)13-15-4-5-17(13)2;/h4-5,9,11,14H,3,6-8H2,1-2H3;1H. The zero-order valence-corrected chi connectivity index (χ0v) is 13.4. The number of thiazole rings is 1. The van der Waals surface area contributed by atoms with Crippen molar-refractivity contribution >= 4 is 23.7 Å². The summed E-state index contributed by atoms with van der Waals surface area (Å²) in [5.41, 5.74) is 1.11. The van der Waals surface area contributed by atoms with Gasteiger partial charge in [0.2, 0.25) is 0 Å². The normalized spacial score (nSPS) is 19.8. The summed E-state index contributed by atoms with van der Waals surface area (Å²) in [6, 6.07) is 0.331. The van der Waals surface area contributed by atoms with Crippen molar-refractivity contribution in [3.05, 3.63) is 34.3 Å². The molecule has 110 valence electrons. The van der Waals surface area contributed by atoms with E-state index in [2.05, 4.69) is 37.2 Å². The maximum absolute atomic E-state index is 4.57. The zero-order valence-electron chi connectivity index (χ0n) is 11.7. The Hall–Kier alpha value is -0.950. The number of piperazine rings is 1. The van der Waals surface area contributed by atoms with Crippen LogP contribution < -0.4 is 5.32 Å². The van der Waals surface area contributed by atoms with Gasteiger partial charge in [0.05, 0.1) is 12.6 Å².